The molecule has 0 spiro atoms. The third-order valence-electron chi connectivity index (χ3n) is 2.69. The van der Waals surface area contributed by atoms with Gasteiger partial charge < -0.3 is 0 Å². The Bertz CT molecular complexity index is 674. The van der Waals surface area contributed by atoms with Crippen molar-refractivity contribution in [3.8, 4) is 0 Å². The Balaban J connectivity index is 2.72. The van der Waals surface area contributed by atoms with E-state index in [9.17, 15) is 8.42 Å². The van der Waals surface area contributed by atoms with E-state index in [-0.39, 0.29) is 10.9 Å². The number of aromatic nitrogens is 2. The lowest BCUT2D eigenvalue weighted by molar-refractivity contribution is 0.524. The summed E-state index contributed by atoms with van der Waals surface area (Å²) in [6.45, 7) is 6.01. The number of hydrogen-bond donors (Lipinski definition) is 0. The second kappa shape index (κ2) is 3.99. The predicted molar refractivity (Wildman–Crippen MR) is 67.9 cm³/mol. The average Bonchev–Trinajstić information content (AvgIpc) is 2.54. The Morgan fingerprint density at radius 1 is 1.35 bits per heavy atom. The molecule has 0 saturated carbocycles. The van der Waals surface area contributed by atoms with E-state index in [4.69, 9.17) is 10.7 Å². The van der Waals surface area contributed by atoms with Gasteiger partial charge in [-0.05, 0) is 39.0 Å². The van der Waals surface area contributed by atoms with Crippen LogP contribution in [0, 0.1) is 6.92 Å². The summed E-state index contributed by atoms with van der Waals surface area (Å²) in [7, 11) is 1.61. The standard InChI is InChI=1S/C11H13ClN2O2S/c1-7(2)14-8(3)10-5-4-9(17(12,15)16)6-11(10)13-14/h4-7H,1-3H3. The molecule has 17 heavy (non-hydrogen) atoms. The Kier molecular flexibility index (Phi) is 2.91. The Morgan fingerprint density at radius 2 is 2.00 bits per heavy atom. The molecule has 0 aliphatic rings. The fraction of sp³-hybridized carbons (Fsp3) is 0.364. The molecule has 1 heterocycles. The molecule has 0 atom stereocenters. The highest BCUT2D eigenvalue weighted by Gasteiger charge is 2.14. The van der Waals surface area contributed by atoms with Gasteiger partial charge in [-0.15, -0.1) is 0 Å². The Labute approximate surface area is 105 Å². The lowest BCUT2D eigenvalue weighted by Crippen LogP contribution is -2.04. The van der Waals surface area contributed by atoms with Crippen LogP contribution in [-0.2, 0) is 9.05 Å². The number of rotatable bonds is 2. The summed E-state index contributed by atoms with van der Waals surface area (Å²) in [6, 6.07) is 4.98. The second-order valence-corrected chi connectivity index (χ2v) is 6.81. The highest BCUT2D eigenvalue weighted by Crippen LogP contribution is 2.25. The molecule has 0 aliphatic carbocycles. The van der Waals surface area contributed by atoms with E-state index in [0.29, 0.717) is 5.52 Å². The van der Waals surface area contributed by atoms with Gasteiger partial charge in [-0.3, -0.25) is 4.68 Å². The van der Waals surface area contributed by atoms with E-state index in [1.807, 2.05) is 25.5 Å². The van der Waals surface area contributed by atoms with Gasteiger partial charge in [0.1, 0.15) is 0 Å². The monoisotopic (exact) mass is 272 g/mol. The van der Waals surface area contributed by atoms with Crippen molar-refractivity contribution in [2.24, 2.45) is 0 Å². The first-order valence-corrected chi connectivity index (χ1v) is 7.55. The van der Waals surface area contributed by atoms with Crippen molar-refractivity contribution in [2.75, 3.05) is 0 Å². The van der Waals surface area contributed by atoms with Crippen molar-refractivity contribution in [3.63, 3.8) is 0 Å². The molecule has 0 radical (unpaired) electrons. The molecule has 6 heteroatoms. The maximum atomic E-state index is 11.2. The van der Waals surface area contributed by atoms with Crippen molar-refractivity contribution in [3.05, 3.63) is 23.9 Å². The molecule has 1 aromatic carbocycles. The van der Waals surface area contributed by atoms with Gasteiger partial charge in [-0.25, -0.2) is 8.42 Å². The smallest absolute Gasteiger partial charge is 0.261 e. The molecule has 0 saturated heterocycles. The fourth-order valence-electron chi connectivity index (χ4n) is 1.87. The van der Waals surface area contributed by atoms with Gasteiger partial charge in [-0.1, -0.05) is 0 Å². The lowest BCUT2D eigenvalue weighted by atomic mass is 10.2. The van der Waals surface area contributed by atoms with E-state index in [2.05, 4.69) is 5.10 Å². The van der Waals surface area contributed by atoms with Crippen molar-refractivity contribution in [1.29, 1.82) is 0 Å². The van der Waals surface area contributed by atoms with Crippen molar-refractivity contribution in [2.45, 2.75) is 31.7 Å². The summed E-state index contributed by atoms with van der Waals surface area (Å²) in [5.41, 5.74) is 1.67. The molecule has 0 amide bonds. The quantitative estimate of drug-likeness (QED) is 0.790. The summed E-state index contributed by atoms with van der Waals surface area (Å²) < 4.78 is 24.3. The van der Waals surface area contributed by atoms with Crippen LogP contribution in [0.3, 0.4) is 0 Å². The number of hydrogen-bond acceptors (Lipinski definition) is 3. The van der Waals surface area contributed by atoms with Crippen LogP contribution in [-0.4, -0.2) is 18.2 Å². The van der Waals surface area contributed by atoms with Gasteiger partial charge >= 0.3 is 0 Å². The zero-order valence-electron chi connectivity index (χ0n) is 9.81. The SMILES string of the molecule is Cc1c2ccc(S(=O)(=O)Cl)cc2nn1C(C)C. The van der Waals surface area contributed by atoms with Crippen molar-refractivity contribution in [1.82, 2.24) is 9.78 Å². The van der Waals surface area contributed by atoms with Gasteiger partial charge in [-0.2, -0.15) is 5.10 Å². The molecule has 4 nitrogen and oxygen atoms in total. The molecule has 0 bridgehead atoms. The molecular formula is C11H13ClN2O2S. The highest BCUT2D eigenvalue weighted by molar-refractivity contribution is 8.13. The first-order chi connectivity index (χ1) is 7.80. The van der Waals surface area contributed by atoms with E-state index in [1.165, 1.54) is 12.1 Å². The molecule has 2 aromatic rings. The van der Waals surface area contributed by atoms with Crippen LogP contribution in [0.15, 0.2) is 23.1 Å². The molecule has 2 rings (SSSR count). The zero-order valence-corrected chi connectivity index (χ0v) is 11.4. The van der Waals surface area contributed by atoms with Gasteiger partial charge in [0.15, 0.2) is 0 Å². The minimum atomic E-state index is -3.70. The largest absolute Gasteiger partial charge is 0.266 e. The van der Waals surface area contributed by atoms with Crippen LogP contribution < -0.4 is 0 Å². The first-order valence-electron chi connectivity index (χ1n) is 5.24. The van der Waals surface area contributed by atoms with Gasteiger partial charge in [0.25, 0.3) is 9.05 Å². The number of benzene rings is 1. The molecule has 0 fully saturated rings. The molecular weight excluding hydrogens is 260 g/mol. The summed E-state index contributed by atoms with van der Waals surface area (Å²) in [4.78, 5) is 0.0834. The minimum Gasteiger partial charge on any atom is -0.266 e. The van der Waals surface area contributed by atoms with Gasteiger partial charge in [0.05, 0.1) is 10.4 Å². The highest BCUT2D eigenvalue weighted by atomic mass is 35.7. The Hall–Kier alpha value is -1.07. The van der Waals surface area contributed by atoms with Crippen LogP contribution in [0.2, 0.25) is 0 Å². The number of nitrogens with zero attached hydrogens (tertiary/aromatic N) is 2. The van der Waals surface area contributed by atoms with Gasteiger partial charge in [0.2, 0.25) is 0 Å². The summed E-state index contributed by atoms with van der Waals surface area (Å²) in [6.07, 6.45) is 0. The molecule has 1 aromatic heterocycles. The van der Waals surface area contributed by atoms with E-state index < -0.39 is 9.05 Å². The molecule has 0 N–H and O–H groups in total. The molecule has 92 valence electrons. The predicted octanol–water partition coefficient (Wildman–Crippen LogP) is 2.85. The maximum absolute atomic E-state index is 11.2. The first kappa shape index (κ1) is 12.4. The average molecular weight is 273 g/mol. The lowest BCUT2D eigenvalue weighted by Gasteiger charge is -2.06. The van der Waals surface area contributed by atoms with Crippen molar-refractivity contribution < 1.29 is 8.42 Å². The topological polar surface area (TPSA) is 52.0 Å². The number of fused-ring (bicyclic) bond motifs is 1. The maximum Gasteiger partial charge on any atom is 0.261 e. The Morgan fingerprint density at radius 3 is 2.53 bits per heavy atom. The van der Waals surface area contributed by atoms with E-state index in [0.717, 1.165) is 11.1 Å². The normalized spacial score (nSPS) is 12.5. The van der Waals surface area contributed by atoms with E-state index >= 15 is 0 Å². The summed E-state index contributed by atoms with van der Waals surface area (Å²) >= 11 is 0. The van der Waals surface area contributed by atoms with Crippen LogP contribution in [0.4, 0.5) is 0 Å². The number of aryl methyl sites for hydroxylation is 1. The third kappa shape index (κ3) is 2.17. The zero-order chi connectivity index (χ0) is 12.8. The second-order valence-electron chi connectivity index (χ2n) is 4.24. The molecule has 0 aliphatic heterocycles. The van der Waals surface area contributed by atoms with Crippen LogP contribution in [0.1, 0.15) is 25.6 Å². The summed E-state index contributed by atoms with van der Waals surface area (Å²) in [5, 5.41) is 5.33. The fourth-order valence-corrected chi connectivity index (χ4v) is 2.64. The van der Waals surface area contributed by atoms with E-state index in [1.54, 1.807) is 6.07 Å². The van der Waals surface area contributed by atoms with Crippen molar-refractivity contribution >= 4 is 30.6 Å². The molecule has 0 unspecified atom stereocenters. The van der Waals surface area contributed by atoms with Gasteiger partial charge in [0, 0.05) is 27.8 Å². The van der Waals surface area contributed by atoms with Crippen LogP contribution >= 0.6 is 10.7 Å². The van der Waals surface area contributed by atoms with Crippen LogP contribution in [0.5, 0.6) is 0 Å². The minimum absolute atomic E-state index is 0.0834. The number of halogens is 1. The summed E-state index contributed by atoms with van der Waals surface area (Å²) in [5.74, 6) is 0. The van der Waals surface area contributed by atoms with Crippen LogP contribution in [0.25, 0.3) is 10.9 Å². The third-order valence-corrected chi connectivity index (χ3v) is 4.04.